The lowest BCUT2D eigenvalue weighted by Gasteiger charge is -2.38. The highest BCUT2D eigenvalue weighted by Crippen LogP contribution is 2.30. The minimum atomic E-state index is 0.179. The minimum Gasteiger partial charge on any atom is -0.376 e. The first kappa shape index (κ1) is 26.1. The molecule has 1 unspecified atom stereocenters. The molecular formula is C34H41N3O2. The number of benzene rings is 3. The maximum atomic E-state index is 13.4. The van der Waals surface area contributed by atoms with Gasteiger partial charge in [-0.05, 0) is 67.5 Å². The fraction of sp³-hybridized carbons (Fsp3) is 0.441. The minimum absolute atomic E-state index is 0.179. The molecule has 3 aliphatic heterocycles. The molecule has 0 aliphatic carbocycles. The molecule has 5 heteroatoms. The van der Waals surface area contributed by atoms with Gasteiger partial charge in [-0.15, -0.1) is 0 Å². The lowest BCUT2D eigenvalue weighted by molar-refractivity contribution is -0.00441. The van der Waals surface area contributed by atoms with E-state index in [1.165, 1.54) is 28.8 Å². The first-order chi connectivity index (χ1) is 19.2. The van der Waals surface area contributed by atoms with Crippen LogP contribution in [0, 0.1) is 0 Å². The van der Waals surface area contributed by atoms with Crippen LogP contribution in [0.25, 0.3) is 0 Å². The van der Waals surface area contributed by atoms with E-state index in [2.05, 4.69) is 88.7 Å². The fourth-order valence-corrected chi connectivity index (χ4v) is 6.51. The topological polar surface area (TPSA) is 36.0 Å². The molecule has 204 valence electrons. The van der Waals surface area contributed by atoms with Gasteiger partial charge in [0.25, 0.3) is 5.91 Å². The number of ether oxygens (including phenoxy) is 1. The third-order valence-corrected chi connectivity index (χ3v) is 8.84. The van der Waals surface area contributed by atoms with Gasteiger partial charge in [-0.3, -0.25) is 9.69 Å². The average molecular weight is 524 g/mol. The lowest BCUT2D eigenvalue weighted by atomic mass is 9.88. The van der Waals surface area contributed by atoms with Gasteiger partial charge in [-0.2, -0.15) is 0 Å². The Morgan fingerprint density at radius 3 is 2.21 bits per heavy atom. The summed E-state index contributed by atoms with van der Waals surface area (Å²) in [5.74, 6) is 0.595. The number of anilines is 1. The van der Waals surface area contributed by atoms with Gasteiger partial charge in [0.2, 0.25) is 0 Å². The molecule has 0 aromatic heterocycles. The highest BCUT2D eigenvalue weighted by atomic mass is 16.5. The predicted molar refractivity (Wildman–Crippen MR) is 158 cm³/mol. The molecule has 0 radical (unpaired) electrons. The molecule has 6 rings (SSSR count). The summed E-state index contributed by atoms with van der Waals surface area (Å²) in [5, 5.41) is 0. The third-order valence-electron chi connectivity index (χ3n) is 8.84. The molecule has 1 atom stereocenters. The zero-order chi connectivity index (χ0) is 26.4. The van der Waals surface area contributed by atoms with Gasteiger partial charge in [0, 0.05) is 63.0 Å². The Labute approximate surface area is 233 Å². The van der Waals surface area contributed by atoms with Crippen LogP contribution in [0.5, 0.6) is 0 Å². The highest BCUT2D eigenvalue weighted by molar-refractivity contribution is 5.97. The number of amides is 1. The van der Waals surface area contributed by atoms with Crippen molar-refractivity contribution in [2.75, 3.05) is 57.3 Å². The van der Waals surface area contributed by atoms with Crippen LogP contribution in [-0.2, 0) is 11.2 Å². The molecular weight excluding hydrogens is 482 g/mol. The first-order valence-corrected chi connectivity index (χ1v) is 14.9. The molecule has 3 aromatic rings. The Morgan fingerprint density at radius 2 is 1.54 bits per heavy atom. The van der Waals surface area contributed by atoms with Crippen LogP contribution in [-0.4, -0.2) is 74.2 Å². The predicted octanol–water partition coefficient (Wildman–Crippen LogP) is 5.60. The van der Waals surface area contributed by atoms with Crippen molar-refractivity contribution in [3.05, 3.63) is 101 Å². The standard InChI is InChI=1S/C34H41N3O2/c38-34-33-25-30(15-14-29(33)16-19-37(34)26-31-13-7-8-24-39-31)36-22-20-35(21-23-36)18-17-32(27-9-3-1-4-10-27)28-11-5-2-6-12-28/h1-6,9-12,14-15,25,31-32H,7-8,13,16-24,26H2. The van der Waals surface area contributed by atoms with Gasteiger partial charge in [0.1, 0.15) is 0 Å². The van der Waals surface area contributed by atoms with Crippen molar-refractivity contribution in [1.29, 1.82) is 0 Å². The summed E-state index contributed by atoms with van der Waals surface area (Å²) in [5.41, 5.74) is 6.06. The summed E-state index contributed by atoms with van der Waals surface area (Å²) in [7, 11) is 0. The molecule has 0 N–H and O–H groups in total. The number of carbonyl (C=O) groups is 1. The Kier molecular flexibility index (Phi) is 8.27. The SMILES string of the molecule is O=C1c2cc(N3CCN(CCC(c4ccccc4)c4ccccc4)CC3)ccc2CCN1CC1CCCCO1. The van der Waals surface area contributed by atoms with Crippen molar-refractivity contribution in [2.45, 2.75) is 44.1 Å². The van der Waals surface area contributed by atoms with Crippen molar-refractivity contribution in [3.8, 4) is 0 Å². The van der Waals surface area contributed by atoms with Gasteiger partial charge in [-0.25, -0.2) is 0 Å². The number of rotatable bonds is 8. The van der Waals surface area contributed by atoms with E-state index in [-0.39, 0.29) is 12.0 Å². The van der Waals surface area contributed by atoms with Crippen molar-refractivity contribution >= 4 is 11.6 Å². The van der Waals surface area contributed by atoms with E-state index < -0.39 is 0 Å². The van der Waals surface area contributed by atoms with Gasteiger partial charge in [0.05, 0.1) is 6.10 Å². The average Bonchev–Trinajstić information content (AvgIpc) is 3.01. The highest BCUT2D eigenvalue weighted by Gasteiger charge is 2.29. The zero-order valence-corrected chi connectivity index (χ0v) is 23.0. The molecule has 3 aromatic carbocycles. The number of nitrogens with zero attached hydrogens (tertiary/aromatic N) is 3. The van der Waals surface area contributed by atoms with Crippen molar-refractivity contribution in [1.82, 2.24) is 9.80 Å². The van der Waals surface area contributed by atoms with Crippen LogP contribution in [0.1, 0.15) is 58.6 Å². The maximum absolute atomic E-state index is 13.4. The van der Waals surface area contributed by atoms with Crippen LogP contribution in [0.2, 0.25) is 0 Å². The number of piperazine rings is 1. The molecule has 0 spiro atoms. The molecule has 0 saturated carbocycles. The molecule has 0 bridgehead atoms. The largest absolute Gasteiger partial charge is 0.376 e. The van der Waals surface area contributed by atoms with E-state index in [1.807, 2.05) is 4.90 Å². The second kappa shape index (κ2) is 12.4. The van der Waals surface area contributed by atoms with Crippen molar-refractivity contribution in [2.24, 2.45) is 0 Å². The molecule has 39 heavy (non-hydrogen) atoms. The normalized spacial score (nSPS) is 20.3. The number of carbonyl (C=O) groups excluding carboxylic acids is 1. The van der Waals surface area contributed by atoms with E-state index in [9.17, 15) is 4.79 Å². The third kappa shape index (κ3) is 6.21. The molecule has 5 nitrogen and oxygen atoms in total. The van der Waals surface area contributed by atoms with Crippen molar-refractivity contribution in [3.63, 3.8) is 0 Å². The fourth-order valence-electron chi connectivity index (χ4n) is 6.51. The molecule has 1 amide bonds. The molecule has 3 heterocycles. The Bertz CT molecular complexity index is 1180. The number of hydrogen-bond donors (Lipinski definition) is 0. The zero-order valence-electron chi connectivity index (χ0n) is 23.0. The van der Waals surface area contributed by atoms with Gasteiger partial charge in [-0.1, -0.05) is 66.7 Å². The summed E-state index contributed by atoms with van der Waals surface area (Å²) in [4.78, 5) is 20.5. The Balaban J connectivity index is 1.06. The first-order valence-electron chi connectivity index (χ1n) is 14.9. The summed E-state index contributed by atoms with van der Waals surface area (Å²) in [6.07, 6.45) is 5.67. The second-order valence-corrected chi connectivity index (χ2v) is 11.3. The smallest absolute Gasteiger partial charge is 0.254 e. The lowest BCUT2D eigenvalue weighted by Crippen LogP contribution is -2.47. The molecule has 2 saturated heterocycles. The van der Waals surface area contributed by atoms with Crippen LogP contribution in [0.4, 0.5) is 5.69 Å². The maximum Gasteiger partial charge on any atom is 0.254 e. The Morgan fingerprint density at radius 1 is 0.821 bits per heavy atom. The monoisotopic (exact) mass is 523 g/mol. The quantitative estimate of drug-likeness (QED) is 0.385. The van der Waals surface area contributed by atoms with E-state index >= 15 is 0 Å². The van der Waals surface area contributed by atoms with Crippen LogP contribution < -0.4 is 4.90 Å². The number of fused-ring (bicyclic) bond motifs is 1. The van der Waals surface area contributed by atoms with E-state index in [0.29, 0.717) is 5.92 Å². The Hall–Kier alpha value is -3.15. The van der Waals surface area contributed by atoms with Crippen LogP contribution in [0.3, 0.4) is 0 Å². The van der Waals surface area contributed by atoms with Crippen LogP contribution in [0.15, 0.2) is 78.9 Å². The van der Waals surface area contributed by atoms with Gasteiger partial charge in [0.15, 0.2) is 0 Å². The van der Waals surface area contributed by atoms with Gasteiger partial charge < -0.3 is 14.5 Å². The second-order valence-electron chi connectivity index (χ2n) is 11.3. The summed E-state index contributed by atoms with van der Waals surface area (Å²) in [6, 6.07) is 28.4. The summed E-state index contributed by atoms with van der Waals surface area (Å²) >= 11 is 0. The van der Waals surface area contributed by atoms with Gasteiger partial charge >= 0.3 is 0 Å². The van der Waals surface area contributed by atoms with E-state index in [1.54, 1.807) is 0 Å². The van der Waals surface area contributed by atoms with E-state index in [0.717, 1.165) is 83.7 Å². The number of hydrogen-bond acceptors (Lipinski definition) is 4. The molecule has 3 aliphatic rings. The van der Waals surface area contributed by atoms with Crippen LogP contribution >= 0.6 is 0 Å². The molecule has 2 fully saturated rings. The summed E-state index contributed by atoms with van der Waals surface area (Å²) < 4.78 is 5.92. The van der Waals surface area contributed by atoms with Crippen molar-refractivity contribution < 1.29 is 9.53 Å². The summed E-state index contributed by atoms with van der Waals surface area (Å²) in [6.45, 7) is 7.54. The van der Waals surface area contributed by atoms with E-state index in [4.69, 9.17) is 4.74 Å².